The number of anilines is 1. The van der Waals surface area contributed by atoms with Gasteiger partial charge in [-0.3, -0.25) is 10.1 Å². The molecule has 2 heterocycles. The van der Waals surface area contributed by atoms with Crippen LogP contribution in [-0.4, -0.2) is 16.0 Å². The van der Waals surface area contributed by atoms with Gasteiger partial charge in [-0.15, -0.1) is 11.3 Å². The Morgan fingerprint density at radius 2 is 2.50 bits per heavy atom. The number of rotatable bonds is 2. The summed E-state index contributed by atoms with van der Waals surface area (Å²) in [5, 5.41) is 8.45. The lowest BCUT2D eigenvalue weighted by Crippen LogP contribution is -2.10. The topological polar surface area (TPSA) is 68.0 Å². The van der Waals surface area contributed by atoms with Gasteiger partial charge >= 0.3 is 0 Å². The van der Waals surface area contributed by atoms with Crippen LogP contribution in [0.3, 0.4) is 0 Å². The summed E-state index contributed by atoms with van der Waals surface area (Å²) in [6.07, 6.45) is 1.42. The average Bonchev–Trinajstić information content (AvgIpc) is 2.75. The predicted molar refractivity (Wildman–Crippen MR) is 51.3 cm³/mol. The third kappa shape index (κ3) is 1.80. The average molecular weight is 209 g/mol. The summed E-state index contributed by atoms with van der Waals surface area (Å²) in [7, 11) is 0. The Morgan fingerprint density at radius 3 is 3.07 bits per heavy atom. The molecule has 0 radical (unpaired) electrons. The number of carbonyl (C=O) groups excluding carboxylic acids is 1. The van der Waals surface area contributed by atoms with E-state index in [1.54, 1.807) is 0 Å². The third-order valence-electron chi connectivity index (χ3n) is 1.50. The van der Waals surface area contributed by atoms with Crippen molar-refractivity contribution in [1.82, 2.24) is 10.1 Å². The summed E-state index contributed by atoms with van der Waals surface area (Å²) < 4.78 is 4.69. The van der Waals surface area contributed by atoms with E-state index in [1.807, 2.05) is 12.3 Å². The molecule has 1 N–H and O–H groups in total. The van der Waals surface area contributed by atoms with Crippen molar-refractivity contribution in [1.29, 1.82) is 0 Å². The number of thiazole rings is 1. The summed E-state index contributed by atoms with van der Waals surface area (Å²) in [4.78, 5) is 15.5. The molecule has 6 heteroatoms. The van der Waals surface area contributed by atoms with Crippen molar-refractivity contribution in [2.45, 2.75) is 6.92 Å². The minimum Gasteiger partial charge on any atom is -0.351 e. The van der Waals surface area contributed by atoms with Gasteiger partial charge in [0.1, 0.15) is 0 Å². The van der Waals surface area contributed by atoms with Gasteiger partial charge < -0.3 is 4.52 Å². The molecule has 5 nitrogen and oxygen atoms in total. The van der Waals surface area contributed by atoms with Crippen LogP contribution in [0.5, 0.6) is 0 Å². The quantitative estimate of drug-likeness (QED) is 0.817. The minimum absolute atomic E-state index is 0.179. The van der Waals surface area contributed by atoms with Crippen LogP contribution in [0.2, 0.25) is 0 Å². The Hall–Kier alpha value is -1.69. The second-order valence-corrected chi connectivity index (χ2v) is 3.48. The van der Waals surface area contributed by atoms with E-state index in [4.69, 9.17) is 0 Å². The maximum atomic E-state index is 11.4. The maximum absolute atomic E-state index is 11.4. The highest BCUT2D eigenvalue weighted by Gasteiger charge is 2.11. The molecular weight excluding hydrogens is 202 g/mol. The Labute approximate surface area is 83.8 Å². The van der Waals surface area contributed by atoms with Crippen molar-refractivity contribution in [2.75, 3.05) is 5.32 Å². The second-order valence-electron chi connectivity index (χ2n) is 2.62. The number of carbonyl (C=O) groups is 1. The summed E-state index contributed by atoms with van der Waals surface area (Å²) >= 11 is 1.37. The van der Waals surface area contributed by atoms with Crippen molar-refractivity contribution in [2.24, 2.45) is 0 Å². The molecule has 0 aromatic carbocycles. The molecule has 0 saturated heterocycles. The first-order valence-electron chi connectivity index (χ1n) is 3.90. The first-order valence-corrected chi connectivity index (χ1v) is 4.78. The van der Waals surface area contributed by atoms with Gasteiger partial charge in [0, 0.05) is 11.4 Å². The molecule has 2 aromatic heterocycles. The van der Waals surface area contributed by atoms with Gasteiger partial charge in [-0.2, -0.15) is 0 Å². The first-order chi connectivity index (χ1) is 6.75. The Balaban J connectivity index is 2.09. The van der Waals surface area contributed by atoms with Gasteiger partial charge in [0.05, 0.1) is 11.9 Å². The fourth-order valence-corrected chi connectivity index (χ4v) is 1.59. The second kappa shape index (κ2) is 3.59. The zero-order valence-electron chi connectivity index (χ0n) is 7.35. The maximum Gasteiger partial charge on any atom is 0.296 e. The Kier molecular flexibility index (Phi) is 2.28. The van der Waals surface area contributed by atoms with Crippen molar-refractivity contribution in [3.63, 3.8) is 0 Å². The zero-order valence-corrected chi connectivity index (χ0v) is 8.17. The molecule has 0 atom stereocenters. The molecule has 2 rings (SSSR count). The number of hydrogen-bond acceptors (Lipinski definition) is 5. The molecule has 1 amide bonds. The molecule has 72 valence electrons. The van der Waals surface area contributed by atoms with Gasteiger partial charge in [0.2, 0.25) is 5.76 Å². The molecule has 0 unspecified atom stereocenters. The summed E-state index contributed by atoms with van der Waals surface area (Å²) in [5.41, 5.74) is 0.878. The normalized spacial score (nSPS) is 10.1. The summed E-state index contributed by atoms with van der Waals surface area (Å²) in [5.74, 6) is -0.158. The van der Waals surface area contributed by atoms with Crippen LogP contribution in [0.25, 0.3) is 0 Å². The highest BCUT2D eigenvalue weighted by molar-refractivity contribution is 7.13. The van der Waals surface area contributed by atoms with Gasteiger partial charge in [-0.25, -0.2) is 4.98 Å². The fraction of sp³-hybridized carbons (Fsp3) is 0.125. The summed E-state index contributed by atoms with van der Waals surface area (Å²) in [6.45, 7) is 1.86. The molecule has 0 aliphatic rings. The van der Waals surface area contributed by atoms with E-state index in [0.717, 1.165) is 5.69 Å². The monoisotopic (exact) mass is 209 g/mol. The highest BCUT2D eigenvalue weighted by Crippen LogP contribution is 2.15. The molecule has 2 aromatic rings. The van der Waals surface area contributed by atoms with E-state index in [9.17, 15) is 4.79 Å². The van der Waals surface area contributed by atoms with E-state index in [-0.39, 0.29) is 11.7 Å². The van der Waals surface area contributed by atoms with Crippen molar-refractivity contribution in [3.05, 3.63) is 29.1 Å². The first kappa shape index (κ1) is 8.89. The molecule has 0 bridgehead atoms. The molecule has 0 spiro atoms. The number of aromatic nitrogens is 2. The molecule has 14 heavy (non-hydrogen) atoms. The van der Waals surface area contributed by atoms with E-state index in [0.29, 0.717) is 5.13 Å². The third-order valence-corrected chi connectivity index (χ3v) is 2.38. The van der Waals surface area contributed by atoms with Gasteiger partial charge in [-0.1, -0.05) is 5.16 Å². The van der Waals surface area contributed by atoms with E-state index in [1.165, 1.54) is 23.6 Å². The van der Waals surface area contributed by atoms with Crippen LogP contribution >= 0.6 is 11.3 Å². The molecular formula is C8H7N3O2S. The minimum atomic E-state index is -0.336. The van der Waals surface area contributed by atoms with Crippen LogP contribution in [0.15, 0.2) is 22.2 Å². The Bertz CT molecular complexity index is 435. The standard InChI is InChI=1S/C8H7N3O2S/c1-5-4-14-8(10-5)11-7(12)6-2-3-9-13-6/h2-4H,1H3,(H,10,11,12). The highest BCUT2D eigenvalue weighted by atomic mass is 32.1. The van der Waals surface area contributed by atoms with Gasteiger partial charge in [0.25, 0.3) is 5.91 Å². The van der Waals surface area contributed by atoms with Crippen LogP contribution in [0.4, 0.5) is 5.13 Å². The zero-order chi connectivity index (χ0) is 9.97. The number of amides is 1. The van der Waals surface area contributed by atoms with Crippen molar-refractivity contribution >= 4 is 22.4 Å². The fourth-order valence-electron chi connectivity index (χ4n) is 0.903. The lowest BCUT2D eigenvalue weighted by atomic mass is 10.4. The molecule has 0 aliphatic carbocycles. The van der Waals surface area contributed by atoms with E-state index < -0.39 is 0 Å². The predicted octanol–water partition coefficient (Wildman–Crippen LogP) is 1.69. The lowest BCUT2D eigenvalue weighted by molar-refractivity contribution is 0.0988. The largest absolute Gasteiger partial charge is 0.351 e. The molecule has 0 saturated carbocycles. The Morgan fingerprint density at radius 1 is 1.64 bits per heavy atom. The smallest absolute Gasteiger partial charge is 0.296 e. The summed E-state index contributed by atoms with van der Waals surface area (Å²) in [6, 6.07) is 1.50. The SMILES string of the molecule is Cc1csc(NC(=O)c2ccno2)n1. The van der Waals surface area contributed by atoms with Crippen molar-refractivity contribution < 1.29 is 9.32 Å². The molecule has 0 fully saturated rings. The number of nitrogens with zero attached hydrogens (tertiary/aromatic N) is 2. The van der Waals surface area contributed by atoms with E-state index >= 15 is 0 Å². The van der Waals surface area contributed by atoms with Crippen LogP contribution in [0.1, 0.15) is 16.2 Å². The van der Waals surface area contributed by atoms with Crippen molar-refractivity contribution in [3.8, 4) is 0 Å². The molecule has 0 aliphatic heterocycles. The number of hydrogen-bond donors (Lipinski definition) is 1. The van der Waals surface area contributed by atoms with E-state index in [2.05, 4.69) is 20.0 Å². The number of aryl methyl sites for hydroxylation is 1. The van der Waals surface area contributed by atoms with Gasteiger partial charge in [-0.05, 0) is 6.92 Å². The lowest BCUT2D eigenvalue weighted by Gasteiger charge is -1.95. The number of nitrogens with one attached hydrogen (secondary N) is 1. The van der Waals surface area contributed by atoms with Crippen LogP contribution in [-0.2, 0) is 0 Å². The van der Waals surface area contributed by atoms with Crippen LogP contribution < -0.4 is 5.32 Å². The van der Waals surface area contributed by atoms with Crippen LogP contribution in [0, 0.1) is 6.92 Å². The van der Waals surface area contributed by atoms with Gasteiger partial charge in [0.15, 0.2) is 5.13 Å².